The van der Waals surface area contributed by atoms with Crippen LogP contribution < -0.4 is 5.32 Å². The van der Waals surface area contributed by atoms with E-state index in [-0.39, 0.29) is 23.7 Å². The fraction of sp³-hybridized carbons (Fsp3) is 0.550. The van der Waals surface area contributed by atoms with Crippen LogP contribution in [-0.2, 0) is 14.3 Å². The number of carbonyl (C=O) groups is 3. The molecule has 2 amide bonds. The number of hydrogen-bond donors (Lipinski definition) is 1. The Labute approximate surface area is 153 Å². The number of rotatable bonds is 4. The molecule has 26 heavy (non-hydrogen) atoms. The summed E-state index contributed by atoms with van der Waals surface area (Å²) in [7, 11) is 1.33. The first kappa shape index (κ1) is 18.4. The molecule has 0 radical (unpaired) electrons. The van der Waals surface area contributed by atoms with E-state index in [4.69, 9.17) is 4.74 Å². The van der Waals surface area contributed by atoms with Crippen LogP contribution in [0.2, 0.25) is 0 Å². The van der Waals surface area contributed by atoms with Gasteiger partial charge in [-0.3, -0.25) is 9.59 Å². The summed E-state index contributed by atoms with van der Waals surface area (Å²) in [6.45, 7) is 1.77. The standard InChI is InChI=1S/C20H26N2O4/c1-26-20(25)16-5-4-6-17(13-16)21-18(23)14-7-9-15(10-8-14)19(24)22-11-2-3-12-22/h4-6,13-15H,2-3,7-12H2,1H3,(H,21,23). The average Bonchev–Trinajstić information content (AvgIpc) is 3.22. The van der Waals surface area contributed by atoms with Crippen molar-refractivity contribution < 1.29 is 19.1 Å². The number of likely N-dealkylation sites (tertiary alicyclic amines) is 1. The Hall–Kier alpha value is -2.37. The maximum absolute atomic E-state index is 12.5. The van der Waals surface area contributed by atoms with Crippen LogP contribution in [0.5, 0.6) is 0 Å². The molecule has 1 heterocycles. The van der Waals surface area contributed by atoms with Gasteiger partial charge in [0.2, 0.25) is 11.8 Å². The van der Waals surface area contributed by atoms with Crippen LogP contribution in [0.4, 0.5) is 5.69 Å². The molecule has 0 spiro atoms. The van der Waals surface area contributed by atoms with Crippen LogP contribution in [0.25, 0.3) is 0 Å². The van der Waals surface area contributed by atoms with E-state index in [9.17, 15) is 14.4 Å². The van der Waals surface area contributed by atoms with Crippen LogP contribution in [0.3, 0.4) is 0 Å². The zero-order valence-electron chi connectivity index (χ0n) is 15.2. The molecule has 140 valence electrons. The van der Waals surface area contributed by atoms with E-state index in [0.29, 0.717) is 11.3 Å². The minimum atomic E-state index is -0.429. The third-order valence-electron chi connectivity index (χ3n) is 5.42. The zero-order chi connectivity index (χ0) is 18.5. The number of benzene rings is 1. The highest BCUT2D eigenvalue weighted by molar-refractivity contribution is 5.95. The molecule has 1 aliphatic heterocycles. The Morgan fingerprint density at radius 3 is 2.35 bits per heavy atom. The van der Waals surface area contributed by atoms with Gasteiger partial charge in [-0.25, -0.2) is 4.79 Å². The predicted molar refractivity (Wildman–Crippen MR) is 97.7 cm³/mol. The second-order valence-corrected chi connectivity index (χ2v) is 7.14. The molecule has 1 saturated carbocycles. The second-order valence-electron chi connectivity index (χ2n) is 7.14. The maximum atomic E-state index is 12.5. The molecule has 1 aliphatic carbocycles. The number of anilines is 1. The lowest BCUT2D eigenvalue weighted by atomic mass is 9.81. The summed E-state index contributed by atoms with van der Waals surface area (Å²) in [6.07, 6.45) is 5.22. The Kier molecular flexibility index (Phi) is 5.91. The first-order valence-corrected chi connectivity index (χ1v) is 9.36. The van der Waals surface area contributed by atoms with Gasteiger partial charge in [-0.1, -0.05) is 6.07 Å². The summed E-state index contributed by atoms with van der Waals surface area (Å²) in [5, 5.41) is 2.89. The highest BCUT2D eigenvalue weighted by atomic mass is 16.5. The van der Waals surface area contributed by atoms with Crippen molar-refractivity contribution in [3.8, 4) is 0 Å². The third-order valence-corrected chi connectivity index (χ3v) is 5.42. The van der Waals surface area contributed by atoms with E-state index in [1.165, 1.54) is 7.11 Å². The van der Waals surface area contributed by atoms with Crippen molar-refractivity contribution in [2.75, 3.05) is 25.5 Å². The van der Waals surface area contributed by atoms with E-state index in [1.807, 2.05) is 4.90 Å². The van der Waals surface area contributed by atoms with Gasteiger partial charge < -0.3 is 15.0 Å². The lowest BCUT2D eigenvalue weighted by Gasteiger charge is -2.29. The Morgan fingerprint density at radius 2 is 1.69 bits per heavy atom. The minimum absolute atomic E-state index is 0.0425. The van der Waals surface area contributed by atoms with Crippen LogP contribution in [0, 0.1) is 11.8 Å². The van der Waals surface area contributed by atoms with Crippen molar-refractivity contribution in [2.24, 2.45) is 11.8 Å². The van der Waals surface area contributed by atoms with Crippen LogP contribution >= 0.6 is 0 Å². The fourth-order valence-electron chi connectivity index (χ4n) is 3.88. The predicted octanol–water partition coefficient (Wildman–Crippen LogP) is 2.84. The minimum Gasteiger partial charge on any atom is -0.465 e. The summed E-state index contributed by atoms with van der Waals surface area (Å²) in [4.78, 5) is 38.6. The van der Waals surface area contributed by atoms with Crippen molar-refractivity contribution in [3.63, 3.8) is 0 Å². The highest BCUT2D eigenvalue weighted by Crippen LogP contribution is 2.31. The van der Waals surface area contributed by atoms with E-state index in [1.54, 1.807) is 24.3 Å². The summed E-state index contributed by atoms with van der Waals surface area (Å²) >= 11 is 0. The molecule has 0 bridgehead atoms. The van der Waals surface area contributed by atoms with Crippen molar-refractivity contribution in [3.05, 3.63) is 29.8 Å². The quantitative estimate of drug-likeness (QED) is 0.840. The lowest BCUT2D eigenvalue weighted by Crippen LogP contribution is -2.37. The number of hydrogen-bond acceptors (Lipinski definition) is 4. The first-order chi connectivity index (χ1) is 12.6. The molecular weight excluding hydrogens is 332 g/mol. The van der Waals surface area contributed by atoms with Crippen molar-refractivity contribution in [1.29, 1.82) is 0 Å². The van der Waals surface area contributed by atoms with Crippen LogP contribution in [0.15, 0.2) is 24.3 Å². The number of amides is 2. The lowest BCUT2D eigenvalue weighted by molar-refractivity contribution is -0.136. The fourth-order valence-corrected chi connectivity index (χ4v) is 3.88. The molecule has 0 atom stereocenters. The second kappa shape index (κ2) is 8.34. The monoisotopic (exact) mass is 358 g/mol. The molecule has 1 aromatic carbocycles. The smallest absolute Gasteiger partial charge is 0.337 e. The van der Waals surface area contributed by atoms with E-state index in [2.05, 4.69) is 5.32 Å². The molecule has 0 aromatic heterocycles. The number of ether oxygens (including phenoxy) is 1. The SMILES string of the molecule is COC(=O)c1cccc(NC(=O)C2CCC(C(=O)N3CCCC3)CC2)c1. The maximum Gasteiger partial charge on any atom is 0.337 e. The van der Waals surface area contributed by atoms with Gasteiger partial charge >= 0.3 is 5.97 Å². The van der Waals surface area contributed by atoms with E-state index in [0.717, 1.165) is 51.6 Å². The molecule has 6 heteroatoms. The molecule has 0 unspecified atom stereocenters. The number of methoxy groups -OCH3 is 1. The topological polar surface area (TPSA) is 75.7 Å². The number of nitrogens with zero attached hydrogens (tertiary/aromatic N) is 1. The van der Waals surface area contributed by atoms with Crippen LogP contribution in [-0.4, -0.2) is 42.9 Å². The summed E-state index contributed by atoms with van der Waals surface area (Å²) in [5.41, 5.74) is 0.999. The largest absolute Gasteiger partial charge is 0.465 e. The van der Waals surface area contributed by atoms with Gasteiger partial charge in [-0.2, -0.15) is 0 Å². The summed E-state index contributed by atoms with van der Waals surface area (Å²) in [5.74, 6) is -0.215. The van der Waals surface area contributed by atoms with Gasteiger partial charge in [0.1, 0.15) is 0 Å². The normalized spacial score (nSPS) is 22.7. The first-order valence-electron chi connectivity index (χ1n) is 9.36. The Bertz CT molecular complexity index is 674. The van der Waals surface area contributed by atoms with Crippen molar-refractivity contribution in [2.45, 2.75) is 38.5 Å². The summed E-state index contributed by atoms with van der Waals surface area (Å²) in [6, 6.07) is 6.74. The number of esters is 1. The van der Waals surface area contributed by atoms with Gasteiger partial charge in [0.15, 0.2) is 0 Å². The summed E-state index contributed by atoms with van der Waals surface area (Å²) < 4.78 is 4.70. The van der Waals surface area contributed by atoms with Gasteiger partial charge in [0, 0.05) is 30.6 Å². The zero-order valence-corrected chi connectivity index (χ0v) is 15.2. The molecule has 1 aromatic rings. The van der Waals surface area contributed by atoms with Gasteiger partial charge in [-0.15, -0.1) is 0 Å². The van der Waals surface area contributed by atoms with Gasteiger partial charge in [0.05, 0.1) is 12.7 Å². The number of nitrogens with one attached hydrogen (secondary N) is 1. The number of carbonyl (C=O) groups excluding carboxylic acids is 3. The molecule has 3 rings (SSSR count). The highest BCUT2D eigenvalue weighted by Gasteiger charge is 2.32. The van der Waals surface area contributed by atoms with Crippen molar-refractivity contribution >= 4 is 23.5 Å². The average molecular weight is 358 g/mol. The molecular formula is C20H26N2O4. The van der Waals surface area contributed by atoms with Crippen molar-refractivity contribution in [1.82, 2.24) is 4.90 Å². The Morgan fingerprint density at radius 1 is 1.04 bits per heavy atom. The molecule has 6 nitrogen and oxygen atoms in total. The van der Waals surface area contributed by atoms with Crippen LogP contribution in [0.1, 0.15) is 48.9 Å². The van der Waals surface area contributed by atoms with Gasteiger partial charge in [0.25, 0.3) is 0 Å². The Balaban J connectivity index is 1.52. The molecule has 1 N–H and O–H groups in total. The molecule has 2 aliphatic rings. The third kappa shape index (κ3) is 4.23. The molecule has 1 saturated heterocycles. The molecule has 2 fully saturated rings. The van der Waals surface area contributed by atoms with E-state index < -0.39 is 5.97 Å². The van der Waals surface area contributed by atoms with E-state index >= 15 is 0 Å². The van der Waals surface area contributed by atoms with Gasteiger partial charge in [-0.05, 0) is 56.7 Å².